The molecule has 10 aromatic rings. The van der Waals surface area contributed by atoms with Crippen molar-refractivity contribution in [2.75, 3.05) is 0 Å². The second-order valence-electron chi connectivity index (χ2n) is 17.9. The molecule has 1 aliphatic rings. The van der Waals surface area contributed by atoms with Crippen LogP contribution in [-0.2, 0) is 58.4 Å². The van der Waals surface area contributed by atoms with Crippen LogP contribution in [0.3, 0.4) is 0 Å². The van der Waals surface area contributed by atoms with Crippen LogP contribution in [0.25, 0.3) is 77.2 Å². The van der Waals surface area contributed by atoms with Gasteiger partial charge in [-0.05, 0) is 82.6 Å². The zero-order valence-electron chi connectivity index (χ0n) is 41.1. The summed E-state index contributed by atoms with van der Waals surface area (Å²) in [5, 5.41) is 5.63. The summed E-state index contributed by atoms with van der Waals surface area (Å²) in [4.78, 5) is 0. The fraction of sp³-hybridized carbons (Fsp3) is 0.129. The van der Waals surface area contributed by atoms with Crippen LogP contribution in [0, 0.1) is 6.07 Å². The fourth-order valence-corrected chi connectivity index (χ4v) is 10.7. The Kier molecular flexibility index (Phi) is 17.9. The Morgan fingerprint density at radius 3 is 1.18 bits per heavy atom. The summed E-state index contributed by atoms with van der Waals surface area (Å²) in [5.41, 5.74) is 2.48. The van der Waals surface area contributed by atoms with Gasteiger partial charge >= 0.3 is 62.6 Å². The van der Waals surface area contributed by atoms with E-state index in [2.05, 4.69) is 42.5 Å². The molecule has 78 heavy (non-hydrogen) atoms. The van der Waals surface area contributed by atoms with Crippen LogP contribution in [0.1, 0.15) is 47.2 Å². The molecule has 0 bridgehead atoms. The topological polar surface area (TPSA) is 0 Å². The van der Waals surface area contributed by atoms with Crippen molar-refractivity contribution in [3.8, 4) is 55.6 Å². The number of benzene rings is 8. The van der Waals surface area contributed by atoms with Gasteiger partial charge in [0.25, 0.3) is 0 Å². The molecule has 0 saturated carbocycles. The van der Waals surface area contributed by atoms with E-state index in [0.29, 0.717) is 57.0 Å². The fourth-order valence-electron chi connectivity index (χ4n) is 9.36. The average Bonchev–Trinajstić information content (AvgIpc) is 4.28. The van der Waals surface area contributed by atoms with Crippen molar-refractivity contribution >= 4 is 58.5 Å². The molecule has 0 saturated heterocycles. The number of fused-ring (bicyclic) bond motifs is 5. The van der Waals surface area contributed by atoms with Crippen LogP contribution >= 0.6 is 17.0 Å². The standard InChI is InChI=1S/2C25H17F6.C12H7Si.2ClH.Zr/c2*1-2-15-10-17-8-9-21(16-6-4-3-5-7-16)23(22(17)11-15)18-12-19(24(26,27)28)14-20(13-18)25(29,30)31;1-3-7-11-9(5-1)10-6-2-4-8-12(10)13-11;;;/h2*3-14H,2H2,1H3;1-7H;2*1H;/q3*-1;;;+2/p-2. The Bertz CT molecular complexity index is 3380. The van der Waals surface area contributed by atoms with Crippen molar-refractivity contribution < 1.29 is 73.5 Å². The van der Waals surface area contributed by atoms with Crippen molar-refractivity contribution in [2.45, 2.75) is 51.4 Å². The van der Waals surface area contributed by atoms with E-state index in [4.69, 9.17) is 17.0 Å². The third-order valence-corrected chi connectivity index (χ3v) is 14.3. The van der Waals surface area contributed by atoms with Gasteiger partial charge in [-0.15, -0.1) is 62.5 Å². The first-order valence-electron chi connectivity index (χ1n) is 24.0. The van der Waals surface area contributed by atoms with Crippen molar-refractivity contribution in [1.82, 2.24) is 0 Å². The van der Waals surface area contributed by atoms with E-state index < -0.39 is 67.8 Å². The van der Waals surface area contributed by atoms with E-state index in [1.807, 2.05) is 56.3 Å². The van der Waals surface area contributed by atoms with Crippen LogP contribution in [0.4, 0.5) is 52.7 Å². The summed E-state index contributed by atoms with van der Waals surface area (Å²) in [7, 11) is 10.7. The van der Waals surface area contributed by atoms with Gasteiger partial charge in [-0.2, -0.15) is 94.3 Å². The van der Waals surface area contributed by atoms with Crippen LogP contribution in [-0.4, -0.2) is 9.52 Å². The predicted octanol–water partition coefficient (Wildman–Crippen LogP) is 19.5. The molecule has 0 unspecified atom stereocenters. The molecular formula is C62H41Cl2F12SiZr-3. The smallest absolute Gasteiger partial charge is 0.0920 e. The molecule has 0 aliphatic carbocycles. The van der Waals surface area contributed by atoms with Gasteiger partial charge in [-0.3, -0.25) is 0 Å². The van der Waals surface area contributed by atoms with Crippen molar-refractivity contribution in [3.63, 3.8) is 0 Å². The Hall–Kier alpha value is -6.18. The summed E-state index contributed by atoms with van der Waals surface area (Å²) in [5.74, 6) is 0. The SMILES string of the molecule is CCc1cc2c(-c3cc(C(F)(F)F)cc(C(F)(F)F)c3)c(-c3ccccc3)ccc2[cH-]1.CCc1cc2c(-c3cc(C(F)(F)F)cc(C(F)(F)F)c3)c(-c3ccccc3)ccc2[cH-]1.[Cl][Zr][Cl].[c-]1cccc2c1[Si]c1ccccc1-2. The first-order valence-corrected chi connectivity index (χ1v) is 31.3. The van der Waals surface area contributed by atoms with Gasteiger partial charge in [0.05, 0.1) is 31.8 Å². The number of halogens is 14. The summed E-state index contributed by atoms with van der Waals surface area (Å²) in [6, 6.07) is 54.2. The molecule has 1 aliphatic heterocycles. The third-order valence-electron chi connectivity index (χ3n) is 13.0. The van der Waals surface area contributed by atoms with Crippen LogP contribution in [0.2, 0.25) is 0 Å². The zero-order chi connectivity index (χ0) is 56.2. The first-order chi connectivity index (χ1) is 37.0. The van der Waals surface area contributed by atoms with E-state index in [1.54, 1.807) is 72.8 Å². The van der Waals surface area contributed by atoms with E-state index in [0.717, 1.165) is 55.7 Å². The summed E-state index contributed by atoms with van der Waals surface area (Å²) >= 11 is -0.826. The number of hydrogen-bond acceptors (Lipinski definition) is 0. The molecule has 10 aromatic carbocycles. The molecule has 0 amide bonds. The molecule has 0 nitrogen and oxygen atoms in total. The Balaban J connectivity index is 0.000000161. The summed E-state index contributed by atoms with van der Waals surface area (Å²) in [6.07, 6.45) is -18.2. The van der Waals surface area contributed by atoms with Gasteiger partial charge in [-0.25, -0.2) is 0 Å². The van der Waals surface area contributed by atoms with Crippen LogP contribution in [0.15, 0.2) is 188 Å². The summed E-state index contributed by atoms with van der Waals surface area (Å²) in [6.45, 7) is 3.88. The van der Waals surface area contributed by atoms with Crippen LogP contribution in [0.5, 0.6) is 0 Å². The maximum atomic E-state index is 13.5. The largest absolute Gasteiger partial charge is 0.184 e. The molecule has 0 fully saturated rings. The molecule has 16 heteroatoms. The van der Waals surface area contributed by atoms with E-state index >= 15 is 0 Å². The average molecular weight is 1200 g/mol. The minimum atomic E-state index is -4.91. The van der Waals surface area contributed by atoms with E-state index in [9.17, 15) is 52.7 Å². The maximum Gasteiger partial charge on any atom is 0.0920 e. The van der Waals surface area contributed by atoms with Gasteiger partial charge in [-0.1, -0.05) is 133 Å². The Morgan fingerprint density at radius 1 is 0.423 bits per heavy atom. The second kappa shape index (κ2) is 24.0. The number of rotatable bonds is 6. The molecular weight excluding hydrogens is 1160 g/mol. The molecule has 0 N–H and O–H groups in total. The van der Waals surface area contributed by atoms with Crippen molar-refractivity contribution in [1.29, 1.82) is 0 Å². The first kappa shape index (κ1) is 58.0. The Morgan fingerprint density at radius 2 is 0.795 bits per heavy atom. The molecule has 0 aromatic heterocycles. The monoisotopic (exact) mass is 1200 g/mol. The van der Waals surface area contributed by atoms with Crippen molar-refractivity contribution in [2.24, 2.45) is 0 Å². The predicted molar refractivity (Wildman–Crippen MR) is 287 cm³/mol. The normalized spacial score (nSPS) is 12.2. The maximum absolute atomic E-state index is 13.5. The number of hydrogen-bond donors (Lipinski definition) is 0. The van der Waals surface area contributed by atoms with Gasteiger partial charge in [0, 0.05) is 0 Å². The minimum absolute atomic E-state index is 0.111. The quantitative estimate of drug-likeness (QED) is 0.0884. The van der Waals surface area contributed by atoms with Gasteiger partial charge in [0.1, 0.15) is 0 Å². The van der Waals surface area contributed by atoms with E-state index in [1.165, 1.54) is 21.5 Å². The molecule has 11 rings (SSSR count). The van der Waals surface area contributed by atoms with E-state index in [-0.39, 0.29) is 23.3 Å². The number of aryl methyl sites for hydroxylation is 2. The molecule has 1 heterocycles. The van der Waals surface area contributed by atoms with Crippen LogP contribution < -0.4 is 10.4 Å². The third kappa shape index (κ3) is 13.3. The molecule has 0 spiro atoms. The van der Waals surface area contributed by atoms with Gasteiger partial charge in [0.2, 0.25) is 0 Å². The van der Waals surface area contributed by atoms with Crippen molar-refractivity contribution in [3.05, 3.63) is 228 Å². The number of alkyl halides is 12. The minimum Gasteiger partial charge on any atom is -0.184 e. The van der Waals surface area contributed by atoms with Gasteiger partial charge in [0.15, 0.2) is 0 Å². The summed E-state index contributed by atoms with van der Waals surface area (Å²) < 4.78 is 162. The molecule has 2 radical (unpaired) electrons. The second-order valence-corrected chi connectivity index (χ2v) is 23.0. The zero-order valence-corrected chi connectivity index (χ0v) is 46.1. The molecule has 398 valence electrons. The molecule has 0 atom stereocenters. The van der Waals surface area contributed by atoms with Gasteiger partial charge < -0.3 is 0 Å². The Labute approximate surface area is 463 Å².